The van der Waals surface area contributed by atoms with Crippen molar-refractivity contribution in [2.75, 3.05) is 47.5 Å². The average molecular weight is 770 g/mol. The molecule has 0 heterocycles. The van der Waals surface area contributed by atoms with Crippen molar-refractivity contribution in [2.45, 2.75) is 193 Å². The van der Waals surface area contributed by atoms with Crippen LogP contribution in [0.15, 0.2) is 36.6 Å². The summed E-state index contributed by atoms with van der Waals surface area (Å²) >= 11 is 0. The minimum atomic E-state index is -4.55. The van der Waals surface area contributed by atoms with Gasteiger partial charge in [0.25, 0.3) is 7.82 Å². The smallest absolute Gasteiger partial charge is 0.306 e. The van der Waals surface area contributed by atoms with Crippen LogP contribution in [-0.4, -0.2) is 64.1 Å². The largest absolute Gasteiger partial charge is 0.756 e. The summed E-state index contributed by atoms with van der Waals surface area (Å²) in [6.45, 7) is 4.66. The van der Waals surface area contributed by atoms with E-state index >= 15 is 0 Å². The first-order valence-electron chi connectivity index (χ1n) is 21.8. The van der Waals surface area contributed by atoms with Gasteiger partial charge in [0.1, 0.15) is 19.8 Å². The van der Waals surface area contributed by atoms with Crippen molar-refractivity contribution in [3.05, 3.63) is 36.6 Å². The maximum absolute atomic E-state index is 12.6. The van der Waals surface area contributed by atoms with E-state index in [-0.39, 0.29) is 26.2 Å². The van der Waals surface area contributed by atoms with Crippen molar-refractivity contribution in [1.29, 1.82) is 0 Å². The maximum Gasteiger partial charge on any atom is 0.306 e. The fourth-order valence-electron chi connectivity index (χ4n) is 5.87. The fraction of sp³-hybridized carbons (Fsp3) is 0.841. The number of phosphoric acid groups is 1. The number of likely N-dealkylation sites (N-methyl/N-ethyl adjacent to an activating group) is 1. The number of hydrogen-bond acceptors (Lipinski definition) is 7. The van der Waals surface area contributed by atoms with Crippen LogP contribution in [0.4, 0.5) is 0 Å². The Labute approximate surface area is 327 Å². The van der Waals surface area contributed by atoms with Crippen LogP contribution in [0.2, 0.25) is 0 Å². The zero-order chi connectivity index (χ0) is 39.1. The summed E-state index contributed by atoms with van der Waals surface area (Å²) in [6, 6.07) is 0. The van der Waals surface area contributed by atoms with E-state index in [1.165, 1.54) is 141 Å². The van der Waals surface area contributed by atoms with Gasteiger partial charge >= 0.3 is 5.97 Å². The van der Waals surface area contributed by atoms with Gasteiger partial charge in [-0.05, 0) is 44.6 Å². The summed E-state index contributed by atoms with van der Waals surface area (Å²) in [4.78, 5) is 25.0. The number of esters is 1. The van der Waals surface area contributed by atoms with Gasteiger partial charge in [0, 0.05) is 6.42 Å². The van der Waals surface area contributed by atoms with E-state index in [1.807, 2.05) is 33.3 Å². The molecule has 0 spiro atoms. The summed E-state index contributed by atoms with van der Waals surface area (Å²) in [7, 11) is 1.29. The monoisotopic (exact) mass is 770 g/mol. The molecule has 53 heavy (non-hydrogen) atoms. The van der Waals surface area contributed by atoms with Gasteiger partial charge in [-0.2, -0.15) is 0 Å². The molecule has 8 nitrogen and oxygen atoms in total. The Bertz CT molecular complexity index is 947. The molecule has 312 valence electrons. The first-order valence-corrected chi connectivity index (χ1v) is 23.2. The topological polar surface area (TPSA) is 94.1 Å². The Hall–Kier alpha value is -1.44. The SMILES string of the molecule is CCCCCCCCCCCCC/C=C\C/C=C/OCC(COP(=O)([O-])OCC[N+](C)(C)C)OC(=O)CC/C=C\CCCCCCCCCCCCC. The van der Waals surface area contributed by atoms with E-state index in [0.29, 0.717) is 17.4 Å². The Kier molecular flexibility index (Phi) is 36.5. The highest BCUT2D eigenvalue weighted by atomic mass is 31.2. The van der Waals surface area contributed by atoms with Crippen molar-refractivity contribution in [2.24, 2.45) is 0 Å². The number of ether oxygens (including phenoxy) is 2. The number of carbonyl (C=O) groups is 1. The lowest BCUT2D eigenvalue weighted by molar-refractivity contribution is -0.870. The lowest BCUT2D eigenvalue weighted by Crippen LogP contribution is -2.37. The van der Waals surface area contributed by atoms with Crippen LogP contribution in [0.1, 0.15) is 187 Å². The molecule has 2 unspecified atom stereocenters. The lowest BCUT2D eigenvalue weighted by atomic mass is 10.1. The van der Waals surface area contributed by atoms with Crippen LogP contribution in [-0.2, 0) is 27.9 Å². The molecule has 0 aliphatic rings. The van der Waals surface area contributed by atoms with Crippen molar-refractivity contribution in [1.82, 2.24) is 0 Å². The number of rotatable bonds is 40. The van der Waals surface area contributed by atoms with Crippen LogP contribution in [0, 0.1) is 0 Å². The van der Waals surface area contributed by atoms with E-state index in [2.05, 4.69) is 32.1 Å². The summed E-state index contributed by atoms with van der Waals surface area (Å²) in [5, 5.41) is 0. The van der Waals surface area contributed by atoms with Crippen molar-refractivity contribution < 1.29 is 37.3 Å². The number of allylic oxidation sites excluding steroid dienone is 5. The Balaban J connectivity index is 4.37. The van der Waals surface area contributed by atoms with Crippen LogP contribution in [0.3, 0.4) is 0 Å². The zero-order valence-corrected chi connectivity index (χ0v) is 36.1. The van der Waals surface area contributed by atoms with Crippen LogP contribution in [0.25, 0.3) is 0 Å². The molecule has 2 atom stereocenters. The van der Waals surface area contributed by atoms with Gasteiger partial charge < -0.3 is 27.9 Å². The molecule has 0 aliphatic carbocycles. The summed E-state index contributed by atoms with van der Waals surface area (Å²) in [5.41, 5.74) is 0. The summed E-state index contributed by atoms with van der Waals surface area (Å²) in [6.07, 6.45) is 44.1. The minimum absolute atomic E-state index is 0.00622. The van der Waals surface area contributed by atoms with E-state index in [0.717, 1.165) is 19.3 Å². The van der Waals surface area contributed by atoms with Gasteiger partial charge in [-0.25, -0.2) is 0 Å². The molecule has 0 aromatic rings. The Morgan fingerprint density at radius 3 is 1.55 bits per heavy atom. The third-order valence-corrected chi connectivity index (χ3v) is 10.2. The average Bonchev–Trinajstić information content (AvgIpc) is 3.11. The number of quaternary nitrogens is 1. The molecular weight excluding hydrogens is 685 g/mol. The van der Waals surface area contributed by atoms with Gasteiger partial charge in [0.15, 0.2) is 6.10 Å². The molecule has 9 heteroatoms. The number of unbranched alkanes of at least 4 members (excludes halogenated alkanes) is 22. The standard InChI is InChI=1S/C44H84NO7P/c1-6-8-10-12-14-16-18-20-22-24-26-28-30-32-34-36-39-49-41-43(42-51-53(47,48)50-40-38-45(3,4)5)52-44(46)37-35-33-31-29-27-25-23-21-19-17-15-13-11-9-7-2/h30-33,36,39,43H,6-29,34-35,37-38,40-42H2,1-5H3/b32-30-,33-31-,39-36+. The number of hydrogen-bond donors (Lipinski definition) is 0. The molecular formula is C44H84NO7P. The molecule has 0 aliphatic heterocycles. The van der Waals surface area contributed by atoms with Gasteiger partial charge in [-0.1, -0.05) is 167 Å². The normalized spacial score (nSPS) is 14.1. The van der Waals surface area contributed by atoms with Crippen molar-refractivity contribution in [3.63, 3.8) is 0 Å². The lowest BCUT2D eigenvalue weighted by Gasteiger charge is -2.28. The van der Waals surface area contributed by atoms with Crippen LogP contribution < -0.4 is 4.89 Å². The first-order chi connectivity index (χ1) is 25.6. The molecule has 0 bridgehead atoms. The van der Waals surface area contributed by atoms with E-state index in [1.54, 1.807) is 6.26 Å². The van der Waals surface area contributed by atoms with Gasteiger partial charge in [0.2, 0.25) is 0 Å². The van der Waals surface area contributed by atoms with Gasteiger partial charge in [-0.3, -0.25) is 9.36 Å². The quantitative estimate of drug-likeness (QED) is 0.0153. The highest BCUT2D eigenvalue weighted by molar-refractivity contribution is 7.45. The Morgan fingerprint density at radius 2 is 1.06 bits per heavy atom. The van der Waals surface area contributed by atoms with Crippen molar-refractivity contribution >= 4 is 13.8 Å². The van der Waals surface area contributed by atoms with Crippen LogP contribution >= 0.6 is 7.82 Å². The molecule has 0 rings (SSSR count). The minimum Gasteiger partial charge on any atom is -0.756 e. The third-order valence-electron chi connectivity index (χ3n) is 9.27. The third kappa shape index (κ3) is 41.6. The highest BCUT2D eigenvalue weighted by Gasteiger charge is 2.20. The van der Waals surface area contributed by atoms with Crippen molar-refractivity contribution in [3.8, 4) is 0 Å². The molecule has 0 saturated carbocycles. The highest BCUT2D eigenvalue weighted by Crippen LogP contribution is 2.38. The molecule has 0 fully saturated rings. The summed E-state index contributed by atoms with van der Waals surface area (Å²) < 4.78 is 34.2. The molecule has 0 N–H and O–H groups in total. The van der Waals surface area contributed by atoms with Gasteiger partial charge in [0.05, 0.1) is 34.0 Å². The molecule has 0 aromatic carbocycles. The second-order valence-electron chi connectivity index (χ2n) is 15.8. The zero-order valence-electron chi connectivity index (χ0n) is 35.2. The molecule has 0 amide bonds. The second kappa shape index (κ2) is 37.5. The number of carbonyl (C=O) groups excluding carboxylic acids is 1. The number of nitrogens with zero attached hydrogens (tertiary/aromatic N) is 1. The van der Waals surface area contributed by atoms with Crippen LogP contribution in [0.5, 0.6) is 0 Å². The van der Waals surface area contributed by atoms with E-state index < -0.39 is 19.9 Å². The Morgan fingerprint density at radius 1 is 0.604 bits per heavy atom. The van der Waals surface area contributed by atoms with Gasteiger partial charge in [-0.15, -0.1) is 0 Å². The number of phosphoric ester groups is 1. The predicted molar refractivity (Wildman–Crippen MR) is 222 cm³/mol. The molecule has 0 saturated heterocycles. The van der Waals surface area contributed by atoms with E-state index in [4.69, 9.17) is 18.5 Å². The van der Waals surface area contributed by atoms with E-state index in [9.17, 15) is 14.3 Å². The molecule has 0 radical (unpaired) electrons. The predicted octanol–water partition coefficient (Wildman–Crippen LogP) is 12.3. The summed E-state index contributed by atoms with van der Waals surface area (Å²) in [5.74, 6) is -0.414. The second-order valence-corrected chi connectivity index (χ2v) is 17.2. The first kappa shape index (κ1) is 51.6. The fourth-order valence-corrected chi connectivity index (χ4v) is 6.60. The maximum atomic E-state index is 12.6. The molecule has 0 aromatic heterocycles.